The molecule has 0 aliphatic carbocycles. The first-order valence-electron chi connectivity index (χ1n) is 6.35. The van der Waals surface area contributed by atoms with Gasteiger partial charge in [0.15, 0.2) is 0 Å². The molecular formula is C14H13ClF3N3. The molecule has 0 aliphatic heterocycles. The maximum absolute atomic E-state index is 12.7. The first kappa shape index (κ1) is 15.6. The van der Waals surface area contributed by atoms with Gasteiger partial charge in [0, 0.05) is 6.04 Å². The molecule has 0 fully saturated rings. The number of hydrogen-bond acceptors (Lipinski definition) is 2. The molecule has 2 rings (SSSR count). The zero-order valence-corrected chi connectivity index (χ0v) is 12.2. The molecule has 7 heteroatoms. The van der Waals surface area contributed by atoms with Gasteiger partial charge in [-0.15, -0.1) is 11.6 Å². The van der Waals surface area contributed by atoms with Crippen LogP contribution in [0.4, 0.5) is 13.2 Å². The number of nitriles is 1. The molecular weight excluding hydrogens is 303 g/mol. The van der Waals surface area contributed by atoms with Crippen LogP contribution in [-0.4, -0.2) is 15.7 Å². The highest BCUT2D eigenvalue weighted by Crippen LogP contribution is 2.34. The van der Waals surface area contributed by atoms with Crippen LogP contribution in [0, 0.1) is 11.3 Å². The molecule has 112 valence electrons. The van der Waals surface area contributed by atoms with Crippen molar-refractivity contribution in [3.05, 3.63) is 29.6 Å². The van der Waals surface area contributed by atoms with Crippen molar-refractivity contribution in [1.82, 2.24) is 9.55 Å². The van der Waals surface area contributed by atoms with Crippen LogP contribution in [0.1, 0.15) is 43.1 Å². The number of alkyl halides is 4. The summed E-state index contributed by atoms with van der Waals surface area (Å²) >= 11 is 6.04. The lowest BCUT2D eigenvalue weighted by Crippen LogP contribution is -2.18. The number of aromatic nitrogens is 2. The summed E-state index contributed by atoms with van der Waals surface area (Å²) in [7, 11) is 0. The van der Waals surface area contributed by atoms with Crippen LogP contribution < -0.4 is 0 Å². The van der Waals surface area contributed by atoms with Crippen molar-refractivity contribution in [3.63, 3.8) is 0 Å². The molecule has 2 aromatic rings. The zero-order chi connectivity index (χ0) is 15.8. The van der Waals surface area contributed by atoms with Gasteiger partial charge in [-0.05, 0) is 32.0 Å². The van der Waals surface area contributed by atoms with Crippen LogP contribution in [0.25, 0.3) is 11.0 Å². The summed E-state index contributed by atoms with van der Waals surface area (Å²) in [4.78, 5) is 4.29. The van der Waals surface area contributed by atoms with E-state index in [4.69, 9.17) is 16.9 Å². The molecule has 2 unspecified atom stereocenters. The first-order chi connectivity index (χ1) is 9.73. The summed E-state index contributed by atoms with van der Waals surface area (Å²) in [6.45, 7) is 3.13. The third kappa shape index (κ3) is 3.30. The van der Waals surface area contributed by atoms with E-state index in [2.05, 4.69) is 4.98 Å². The maximum atomic E-state index is 12.7. The van der Waals surface area contributed by atoms with Crippen molar-refractivity contribution in [1.29, 1.82) is 5.26 Å². The Labute approximate surface area is 124 Å². The number of rotatable bonds is 3. The Balaban J connectivity index is 2.62. The highest BCUT2D eigenvalue weighted by atomic mass is 35.5. The summed E-state index contributed by atoms with van der Waals surface area (Å²) in [6, 6.07) is 5.87. The second-order valence-corrected chi connectivity index (χ2v) is 5.59. The van der Waals surface area contributed by atoms with E-state index in [0.717, 1.165) is 0 Å². The van der Waals surface area contributed by atoms with Crippen molar-refractivity contribution < 1.29 is 13.2 Å². The van der Waals surface area contributed by atoms with E-state index >= 15 is 0 Å². The topological polar surface area (TPSA) is 41.6 Å². The second-order valence-electron chi connectivity index (χ2n) is 4.94. The van der Waals surface area contributed by atoms with E-state index in [-0.39, 0.29) is 0 Å². The van der Waals surface area contributed by atoms with Crippen LogP contribution in [0.3, 0.4) is 0 Å². The standard InChI is InChI=1S/C14H13ClF3N3/c1-8(6-14(16,17)18)21-12-5-10(7-19)3-4-11(12)20-13(21)9(2)15/h3-5,8-9H,6H2,1-2H3. The molecule has 0 amide bonds. The lowest BCUT2D eigenvalue weighted by Gasteiger charge is -2.20. The molecule has 21 heavy (non-hydrogen) atoms. The predicted octanol–water partition coefficient (Wildman–Crippen LogP) is 4.72. The normalized spacial score (nSPS) is 14.9. The average molecular weight is 316 g/mol. The van der Waals surface area contributed by atoms with Gasteiger partial charge in [0.05, 0.1) is 34.5 Å². The molecule has 0 spiro atoms. The van der Waals surface area contributed by atoms with Gasteiger partial charge >= 0.3 is 6.18 Å². The third-order valence-electron chi connectivity index (χ3n) is 3.17. The number of hydrogen-bond donors (Lipinski definition) is 0. The summed E-state index contributed by atoms with van der Waals surface area (Å²) in [6.07, 6.45) is -5.26. The average Bonchev–Trinajstić information content (AvgIpc) is 2.74. The lowest BCUT2D eigenvalue weighted by atomic mass is 10.2. The van der Waals surface area contributed by atoms with E-state index in [1.807, 2.05) is 6.07 Å². The molecule has 1 aromatic heterocycles. The molecule has 0 saturated heterocycles. The maximum Gasteiger partial charge on any atom is 0.391 e. The Hall–Kier alpha value is -1.74. The van der Waals surface area contributed by atoms with Crippen LogP contribution in [0.2, 0.25) is 0 Å². The fourth-order valence-electron chi connectivity index (χ4n) is 2.35. The van der Waals surface area contributed by atoms with E-state index in [0.29, 0.717) is 22.4 Å². The smallest absolute Gasteiger partial charge is 0.324 e. The molecule has 3 nitrogen and oxygen atoms in total. The zero-order valence-electron chi connectivity index (χ0n) is 11.4. The number of imidazole rings is 1. The minimum Gasteiger partial charge on any atom is -0.324 e. The van der Waals surface area contributed by atoms with Gasteiger partial charge in [0.25, 0.3) is 0 Å². The number of fused-ring (bicyclic) bond motifs is 1. The Bertz CT molecular complexity index is 698. The first-order valence-corrected chi connectivity index (χ1v) is 6.79. The van der Waals surface area contributed by atoms with E-state index in [1.54, 1.807) is 19.1 Å². The molecule has 2 atom stereocenters. The van der Waals surface area contributed by atoms with Crippen molar-refractivity contribution in [3.8, 4) is 6.07 Å². The molecule has 0 N–H and O–H groups in total. The Morgan fingerprint density at radius 2 is 2.05 bits per heavy atom. The fourth-order valence-corrected chi connectivity index (χ4v) is 2.51. The van der Waals surface area contributed by atoms with Crippen LogP contribution in [0.5, 0.6) is 0 Å². The van der Waals surface area contributed by atoms with Crippen LogP contribution >= 0.6 is 11.6 Å². The van der Waals surface area contributed by atoms with Gasteiger partial charge in [-0.2, -0.15) is 18.4 Å². The molecule has 0 bridgehead atoms. The summed E-state index contributed by atoms with van der Waals surface area (Å²) in [5.41, 5.74) is 1.40. The molecule has 1 heterocycles. The second kappa shape index (κ2) is 5.57. The van der Waals surface area contributed by atoms with Crippen molar-refractivity contribution in [2.45, 2.75) is 37.9 Å². The van der Waals surface area contributed by atoms with Gasteiger partial charge in [-0.25, -0.2) is 4.98 Å². The number of benzene rings is 1. The fraction of sp³-hybridized carbons (Fsp3) is 0.429. The molecule has 1 aromatic carbocycles. The Morgan fingerprint density at radius 1 is 1.38 bits per heavy atom. The SMILES string of the molecule is CC(Cl)c1nc2ccc(C#N)cc2n1C(C)CC(F)(F)F. The number of nitrogens with zero attached hydrogens (tertiary/aromatic N) is 3. The minimum absolute atomic E-state index is 0.372. The monoisotopic (exact) mass is 315 g/mol. The van der Waals surface area contributed by atoms with Crippen molar-refractivity contribution in [2.75, 3.05) is 0 Å². The Morgan fingerprint density at radius 3 is 2.57 bits per heavy atom. The molecule has 0 aliphatic rings. The van der Waals surface area contributed by atoms with Gasteiger partial charge < -0.3 is 4.57 Å². The third-order valence-corrected chi connectivity index (χ3v) is 3.36. The highest BCUT2D eigenvalue weighted by Gasteiger charge is 2.32. The molecule has 0 saturated carbocycles. The largest absolute Gasteiger partial charge is 0.391 e. The van der Waals surface area contributed by atoms with E-state index in [9.17, 15) is 13.2 Å². The summed E-state index contributed by atoms with van der Waals surface area (Å²) < 4.78 is 39.4. The van der Waals surface area contributed by atoms with Gasteiger partial charge in [0.1, 0.15) is 5.82 Å². The predicted molar refractivity (Wildman–Crippen MR) is 74.1 cm³/mol. The lowest BCUT2D eigenvalue weighted by molar-refractivity contribution is -0.141. The van der Waals surface area contributed by atoms with E-state index in [1.165, 1.54) is 17.6 Å². The van der Waals surface area contributed by atoms with Gasteiger partial charge in [-0.3, -0.25) is 0 Å². The van der Waals surface area contributed by atoms with Crippen LogP contribution in [0.15, 0.2) is 18.2 Å². The molecule has 0 radical (unpaired) electrons. The van der Waals surface area contributed by atoms with Crippen molar-refractivity contribution >= 4 is 22.6 Å². The van der Waals surface area contributed by atoms with Crippen molar-refractivity contribution in [2.24, 2.45) is 0 Å². The highest BCUT2D eigenvalue weighted by molar-refractivity contribution is 6.20. The van der Waals surface area contributed by atoms with E-state index < -0.39 is 24.0 Å². The van der Waals surface area contributed by atoms with Crippen LogP contribution in [-0.2, 0) is 0 Å². The minimum atomic E-state index is -4.28. The number of halogens is 4. The summed E-state index contributed by atoms with van der Waals surface area (Å²) in [5.74, 6) is 0.374. The Kier molecular flexibility index (Phi) is 4.15. The van der Waals surface area contributed by atoms with Gasteiger partial charge in [0.2, 0.25) is 0 Å². The summed E-state index contributed by atoms with van der Waals surface area (Å²) in [5, 5.41) is 8.41. The quantitative estimate of drug-likeness (QED) is 0.769. The van der Waals surface area contributed by atoms with Gasteiger partial charge in [-0.1, -0.05) is 0 Å².